The van der Waals surface area contributed by atoms with Crippen LogP contribution in [0.2, 0.25) is 0 Å². The molecule has 1 aromatic heterocycles. The fourth-order valence-corrected chi connectivity index (χ4v) is 2.59. The molecule has 0 bridgehead atoms. The molecule has 3 nitrogen and oxygen atoms in total. The zero-order chi connectivity index (χ0) is 10.5. The number of pyridine rings is 1. The lowest BCUT2D eigenvalue weighted by Gasteiger charge is -2.20. The van der Waals surface area contributed by atoms with E-state index in [1.54, 1.807) is 0 Å². The van der Waals surface area contributed by atoms with Gasteiger partial charge in [-0.1, -0.05) is 6.07 Å². The summed E-state index contributed by atoms with van der Waals surface area (Å²) in [5.74, 6) is 3.58. The summed E-state index contributed by atoms with van der Waals surface area (Å²) >= 11 is 2.03. The molecule has 2 rings (SSSR count). The van der Waals surface area contributed by atoms with Crippen molar-refractivity contribution in [1.29, 1.82) is 0 Å². The van der Waals surface area contributed by atoms with Crippen LogP contribution >= 0.6 is 11.8 Å². The average Bonchev–Trinajstić information content (AvgIpc) is 2.58. The summed E-state index contributed by atoms with van der Waals surface area (Å²) in [5.41, 5.74) is 6.65. The summed E-state index contributed by atoms with van der Waals surface area (Å²) in [4.78, 5) is 6.81. The minimum Gasteiger partial charge on any atom is -0.356 e. The van der Waals surface area contributed by atoms with E-state index in [2.05, 4.69) is 22.0 Å². The van der Waals surface area contributed by atoms with Gasteiger partial charge in [0.05, 0.1) is 0 Å². The summed E-state index contributed by atoms with van der Waals surface area (Å²) in [6.45, 7) is 2.81. The molecule has 0 aromatic carbocycles. The normalized spacial score (nSPS) is 17.5. The molecule has 1 fully saturated rings. The van der Waals surface area contributed by atoms with E-state index in [1.165, 1.54) is 17.9 Å². The quantitative estimate of drug-likeness (QED) is 0.824. The van der Waals surface area contributed by atoms with Crippen molar-refractivity contribution in [1.82, 2.24) is 4.98 Å². The fraction of sp³-hybridized carbons (Fsp3) is 0.545. The molecule has 15 heavy (non-hydrogen) atoms. The third kappa shape index (κ3) is 2.86. The van der Waals surface area contributed by atoms with Crippen LogP contribution in [-0.2, 0) is 6.54 Å². The van der Waals surface area contributed by atoms with Crippen molar-refractivity contribution in [3.8, 4) is 0 Å². The molecule has 1 aliphatic heterocycles. The molecule has 1 aliphatic rings. The summed E-state index contributed by atoms with van der Waals surface area (Å²) in [7, 11) is 0. The van der Waals surface area contributed by atoms with E-state index in [9.17, 15) is 0 Å². The Morgan fingerprint density at radius 1 is 1.33 bits per heavy atom. The number of thioether (sulfide) groups is 1. The van der Waals surface area contributed by atoms with Gasteiger partial charge in [0.2, 0.25) is 0 Å². The maximum Gasteiger partial charge on any atom is 0.128 e. The van der Waals surface area contributed by atoms with Crippen molar-refractivity contribution in [3.05, 3.63) is 23.9 Å². The summed E-state index contributed by atoms with van der Waals surface area (Å²) in [5, 5.41) is 0. The second kappa shape index (κ2) is 5.37. The van der Waals surface area contributed by atoms with Gasteiger partial charge in [0.1, 0.15) is 5.82 Å². The Morgan fingerprint density at radius 2 is 2.27 bits per heavy atom. The van der Waals surface area contributed by atoms with Crippen molar-refractivity contribution in [2.45, 2.75) is 13.0 Å². The van der Waals surface area contributed by atoms with E-state index >= 15 is 0 Å². The maximum absolute atomic E-state index is 5.55. The molecular weight excluding hydrogens is 206 g/mol. The monoisotopic (exact) mass is 223 g/mol. The van der Waals surface area contributed by atoms with Gasteiger partial charge in [-0.15, -0.1) is 0 Å². The molecule has 0 unspecified atom stereocenters. The first-order chi connectivity index (χ1) is 7.40. The van der Waals surface area contributed by atoms with Crippen LogP contribution in [0.25, 0.3) is 0 Å². The molecule has 0 atom stereocenters. The summed E-state index contributed by atoms with van der Waals surface area (Å²) < 4.78 is 0. The Kier molecular flexibility index (Phi) is 3.86. The molecule has 1 aromatic rings. The number of nitrogens with zero attached hydrogens (tertiary/aromatic N) is 2. The van der Waals surface area contributed by atoms with Gasteiger partial charge >= 0.3 is 0 Å². The zero-order valence-electron chi connectivity index (χ0n) is 8.85. The van der Waals surface area contributed by atoms with E-state index in [0.29, 0.717) is 6.54 Å². The highest BCUT2D eigenvalue weighted by molar-refractivity contribution is 7.99. The lowest BCUT2D eigenvalue weighted by Crippen LogP contribution is -2.26. The lowest BCUT2D eigenvalue weighted by molar-refractivity contribution is 0.800. The Bertz CT molecular complexity index is 291. The van der Waals surface area contributed by atoms with E-state index in [4.69, 9.17) is 5.73 Å². The molecule has 0 aliphatic carbocycles. The first kappa shape index (κ1) is 10.8. The minimum atomic E-state index is 0.573. The van der Waals surface area contributed by atoms with Crippen molar-refractivity contribution >= 4 is 17.6 Å². The van der Waals surface area contributed by atoms with E-state index in [0.717, 1.165) is 24.5 Å². The second-order valence-electron chi connectivity index (χ2n) is 3.68. The van der Waals surface area contributed by atoms with Crippen molar-refractivity contribution in [3.63, 3.8) is 0 Å². The van der Waals surface area contributed by atoms with Gasteiger partial charge in [0.25, 0.3) is 0 Å². The summed E-state index contributed by atoms with van der Waals surface area (Å²) in [6.07, 6.45) is 3.14. The predicted octanol–water partition coefficient (Wildman–Crippen LogP) is 1.48. The van der Waals surface area contributed by atoms with Crippen LogP contribution in [0.4, 0.5) is 5.82 Å². The number of rotatable bonds is 2. The standard InChI is InChI=1S/C11H17N3S/c12-8-10-2-3-11(13-9-10)14-4-1-6-15-7-5-14/h2-3,9H,1,4-8,12H2. The zero-order valence-corrected chi connectivity index (χ0v) is 9.67. The maximum atomic E-state index is 5.55. The fourth-order valence-electron chi connectivity index (χ4n) is 1.70. The van der Waals surface area contributed by atoms with E-state index < -0.39 is 0 Å². The van der Waals surface area contributed by atoms with Crippen LogP contribution in [-0.4, -0.2) is 29.6 Å². The van der Waals surface area contributed by atoms with Gasteiger partial charge in [0.15, 0.2) is 0 Å². The van der Waals surface area contributed by atoms with Crippen molar-refractivity contribution < 1.29 is 0 Å². The molecule has 1 saturated heterocycles. The third-order valence-electron chi connectivity index (χ3n) is 2.59. The molecule has 82 valence electrons. The second-order valence-corrected chi connectivity index (χ2v) is 4.91. The summed E-state index contributed by atoms with van der Waals surface area (Å²) in [6, 6.07) is 4.15. The number of anilines is 1. The number of hydrogen-bond acceptors (Lipinski definition) is 4. The van der Waals surface area contributed by atoms with Gasteiger partial charge in [-0.3, -0.25) is 0 Å². The highest BCUT2D eigenvalue weighted by Crippen LogP contribution is 2.16. The molecular formula is C11H17N3S. The first-order valence-electron chi connectivity index (χ1n) is 5.38. The van der Waals surface area contributed by atoms with Crippen LogP contribution in [0, 0.1) is 0 Å². The minimum absolute atomic E-state index is 0.573. The number of hydrogen-bond donors (Lipinski definition) is 1. The van der Waals surface area contributed by atoms with Crippen LogP contribution in [0.1, 0.15) is 12.0 Å². The molecule has 2 heterocycles. The van der Waals surface area contributed by atoms with Crippen molar-refractivity contribution in [2.75, 3.05) is 29.5 Å². The Hall–Kier alpha value is -0.740. The van der Waals surface area contributed by atoms with Crippen LogP contribution in [0.15, 0.2) is 18.3 Å². The molecule has 0 amide bonds. The van der Waals surface area contributed by atoms with Crippen LogP contribution < -0.4 is 10.6 Å². The first-order valence-corrected chi connectivity index (χ1v) is 6.53. The third-order valence-corrected chi connectivity index (χ3v) is 3.64. The largest absolute Gasteiger partial charge is 0.356 e. The van der Waals surface area contributed by atoms with Gasteiger partial charge in [-0.25, -0.2) is 4.98 Å². The average molecular weight is 223 g/mol. The van der Waals surface area contributed by atoms with Gasteiger partial charge in [-0.05, 0) is 23.8 Å². The highest BCUT2D eigenvalue weighted by atomic mass is 32.2. The molecule has 0 saturated carbocycles. The molecule has 0 radical (unpaired) electrons. The smallest absolute Gasteiger partial charge is 0.128 e. The van der Waals surface area contributed by atoms with Crippen LogP contribution in [0.3, 0.4) is 0 Å². The van der Waals surface area contributed by atoms with E-state index in [-0.39, 0.29) is 0 Å². The van der Waals surface area contributed by atoms with Gasteiger partial charge < -0.3 is 10.6 Å². The SMILES string of the molecule is NCc1ccc(N2CCCSCC2)nc1. The Balaban J connectivity index is 2.06. The predicted molar refractivity (Wildman–Crippen MR) is 66.3 cm³/mol. The lowest BCUT2D eigenvalue weighted by atomic mass is 10.3. The number of aromatic nitrogens is 1. The molecule has 2 N–H and O–H groups in total. The molecule has 4 heteroatoms. The Labute approximate surface area is 95.1 Å². The topological polar surface area (TPSA) is 42.1 Å². The van der Waals surface area contributed by atoms with E-state index in [1.807, 2.05) is 18.0 Å². The van der Waals surface area contributed by atoms with Gasteiger partial charge in [-0.2, -0.15) is 11.8 Å². The Morgan fingerprint density at radius 3 is 3.00 bits per heavy atom. The van der Waals surface area contributed by atoms with Crippen molar-refractivity contribution in [2.24, 2.45) is 5.73 Å². The van der Waals surface area contributed by atoms with Gasteiger partial charge in [0, 0.05) is 31.6 Å². The highest BCUT2D eigenvalue weighted by Gasteiger charge is 2.10. The molecule has 0 spiro atoms. The number of nitrogens with two attached hydrogens (primary N) is 1. The van der Waals surface area contributed by atoms with Crippen LogP contribution in [0.5, 0.6) is 0 Å².